The molecule has 3 unspecified atom stereocenters. The molecule has 266 valence electrons. The predicted octanol–water partition coefficient (Wildman–Crippen LogP) is 3.91. The van der Waals surface area contributed by atoms with E-state index in [2.05, 4.69) is 5.32 Å². The standard InChI is InChI=1S/C35H52F2N6O5/c1-6-9-10-24(8-3)20-38-34(46)43-31-22-40(21-26-13-14-27(36)19-29(26)37)33(45)30(42(31)32(44)23-41(43)17-7-2)18-25-11-15-28(16-12-25)48-35(47)39(4)5/h8-11,13-14,19,28,30-31,33-34,38,45-46H,6-7,12,15-18,20-23H2,1-5H3/b10-9-,24-8+/t28?,30-,31-,33?,34?/m0/s1. The lowest BCUT2D eigenvalue weighted by Gasteiger charge is -2.58. The topological polar surface area (TPSA) is 112 Å². The number of allylic oxidation sites excluding steroid dienone is 2. The third kappa shape index (κ3) is 9.27. The van der Waals surface area contributed by atoms with Crippen molar-refractivity contribution < 1.29 is 33.3 Å². The van der Waals surface area contributed by atoms with Crippen LogP contribution in [-0.2, 0) is 16.1 Å². The van der Waals surface area contributed by atoms with E-state index in [4.69, 9.17) is 4.74 Å². The van der Waals surface area contributed by atoms with Crippen LogP contribution in [0.1, 0.15) is 64.9 Å². The van der Waals surface area contributed by atoms with E-state index in [9.17, 15) is 28.6 Å². The first kappa shape index (κ1) is 37.6. The van der Waals surface area contributed by atoms with Crippen LogP contribution in [0.2, 0.25) is 0 Å². The Morgan fingerprint density at radius 3 is 2.65 bits per heavy atom. The monoisotopic (exact) mass is 674 g/mol. The number of piperazine rings is 1. The number of benzene rings is 1. The van der Waals surface area contributed by atoms with Crippen LogP contribution >= 0.6 is 0 Å². The minimum Gasteiger partial charge on any atom is -0.446 e. The molecule has 1 aromatic rings. The van der Waals surface area contributed by atoms with Crippen LogP contribution < -0.4 is 5.32 Å². The molecule has 0 bridgehead atoms. The predicted molar refractivity (Wildman–Crippen MR) is 179 cm³/mol. The van der Waals surface area contributed by atoms with Gasteiger partial charge >= 0.3 is 6.09 Å². The lowest BCUT2D eigenvalue weighted by molar-refractivity contribution is -0.266. The van der Waals surface area contributed by atoms with Gasteiger partial charge in [-0.05, 0) is 50.7 Å². The second kappa shape index (κ2) is 17.5. The number of hydrazine groups is 1. The highest BCUT2D eigenvalue weighted by Crippen LogP contribution is 2.35. The average molecular weight is 675 g/mol. The molecule has 2 amide bonds. The Morgan fingerprint density at radius 1 is 1.25 bits per heavy atom. The number of hydrogen-bond acceptors (Lipinski definition) is 9. The zero-order valence-corrected chi connectivity index (χ0v) is 28.8. The molecule has 0 radical (unpaired) electrons. The number of nitrogens with zero attached hydrogens (tertiary/aromatic N) is 5. The van der Waals surface area contributed by atoms with Crippen LogP contribution in [0.4, 0.5) is 13.6 Å². The number of amides is 2. The summed E-state index contributed by atoms with van der Waals surface area (Å²) in [5, 5.41) is 30.3. The van der Waals surface area contributed by atoms with E-state index in [1.807, 2.05) is 50.1 Å². The van der Waals surface area contributed by atoms with Crippen molar-refractivity contribution >= 4 is 12.0 Å². The molecule has 3 N–H and O–H groups in total. The van der Waals surface area contributed by atoms with Gasteiger partial charge in [-0.25, -0.2) is 18.6 Å². The van der Waals surface area contributed by atoms with Gasteiger partial charge in [0.1, 0.15) is 30.1 Å². The second-order valence-electron chi connectivity index (χ2n) is 12.9. The largest absolute Gasteiger partial charge is 0.446 e. The summed E-state index contributed by atoms with van der Waals surface area (Å²) in [7, 11) is 3.26. The van der Waals surface area contributed by atoms with Gasteiger partial charge in [0.2, 0.25) is 5.91 Å². The Morgan fingerprint density at radius 2 is 2.02 bits per heavy atom. The summed E-state index contributed by atoms with van der Waals surface area (Å²) < 4.78 is 34.2. The Kier molecular flexibility index (Phi) is 13.7. The number of halogens is 2. The van der Waals surface area contributed by atoms with Gasteiger partial charge in [0, 0.05) is 58.3 Å². The van der Waals surface area contributed by atoms with Gasteiger partial charge in [-0.3, -0.25) is 15.0 Å². The fraction of sp³-hybridized carbons (Fsp3) is 0.600. The van der Waals surface area contributed by atoms with Crippen molar-refractivity contribution in [3.05, 3.63) is 70.8 Å². The molecule has 2 fully saturated rings. The number of ether oxygens (including phenoxy) is 1. The maximum absolute atomic E-state index is 14.9. The number of carbonyl (C=O) groups excluding carboxylic acids is 2. The van der Waals surface area contributed by atoms with E-state index < -0.39 is 42.5 Å². The minimum atomic E-state index is -1.18. The fourth-order valence-electron chi connectivity index (χ4n) is 6.59. The zero-order chi connectivity index (χ0) is 35.0. The molecular weight excluding hydrogens is 622 g/mol. The van der Waals surface area contributed by atoms with Crippen molar-refractivity contribution in [2.75, 3.05) is 40.3 Å². The summed E-state index contributed by atoms with van der Waals surface area (Å²) >= 11 is 0. The summed E-state index contributed by atoms with van der Waals surface area (Å²) in [6.45, 7) is 6.97. The molecule has 4 rings (SSSR count). The SMILES string of the molecule is C/C=C(\C=C/CC)CNC(O)N1[C@H]2CN(Cc3ccc(F)cc3F)C(O)[C@H](CC3=CCC(OC(=O)N(C)C)CC3)N2C(=O)CN1CCC. The van der Waals surface area contributed by atoms with E-state index >= 15 is 0 Å². The third-order valence-corrected chi connectivity index (χ3v) is 9.14. The van der Waals surface area contributed by atoms with Crippen LogP contribution in [-0.4, -0.2) is 118 Å². The quantitative estimate of drug-likeness (QED) is 0.163. The lowest BCUT2D eigenvalue weighted by atomic mass is 9.89. The average Bonchev–Trinajstić information content (AvgIpc) is 3.05. The maximum Gasteiger partial charge on any atom is 0.409 e. The molecule has 0 spiro atoms. The number of aliphatic hydroxyl groups excluding tert-OH is 2. The minimum absolute atomic E-state index is 0.0205. The van der Waals surface area contributed by atoms with Crippen LogP contribution in [0.25, 0.3) is 0 Å². The van der Waals surface area contributed by atoms with E-state index in [0.717, 1.165) is 30.1 Å². The molecule has 11 nitrogen and oxygen atoms in total. The summed E-state index contributed by atoms with van der Waals surface area (Å²) in [4.78, 5) is 30.8. The van der Waals surface area contributed by atoms with Gasteiger partial charge in [0.25, 0.3) is 0 Å². The first-order valence-electron chi connectivity index (χ1n) is 17.0. The number of carbonyl (C=O) groups is 2. The van der Waals surface area contributed by atoms with Crippen LogP contribution in [0.15, 0.2) is 53.6 Å². The molecule has 0 saturated carbocycles. The zero-order valence-electron chi connectivity index (χ0n) is 28.8. The molecule has 0 aromatic heterocycles. The molecular formula is C35H52F2N6O5. The summed E-state index contributed by atoms with van der Waals surface area (Å²) in [6.07, 6.45) is 7.99. The van der Waals surface area contributed by atoms with Gasteiger partial charge in [-0.2, -0.15) is 5.01 Å². The molecule has 1 aromatic carbocycles. The van der Waals surface area contributed by atoms with E-state index in [0.29, 0.717) is 38.8 Å². The van der Waals surface area contributed by atoms with Crippen LogP contribution in [0, 0.1) is 11.6 Å². The van der Waals surface area contributed by atoms with E-state index in [-0.39, 0.29) is 37.2 Å². The smallest absolute Gasteiger partial charge is 0.409 e. The Balaban J connectivity index is 1.65. The van der Waals surface area contributed by atoms with Crippen molar-refractivity contribution in [3.8, 4) is 0 Å². The molecule has 2 saturated heterocycles. The lowest BCUT2D eigenvalue weighted by Crippen LogP contribution is -2.78. The normalized spacial score (nSPS) is 25.3. The van der Waals surface area contributed by atoms with Crippen molar-refractivity contribution in [1.82, 2.24) is 30.0 Å². The Labute approximate surface area is 283 Å². The molecule has 3 aliphatic rings. The second-order valence-corrected chi connectivity index (χ2v) is 12.9. The molecule has 13 heteroatoms. The van der Waals surface area contributed by atoms with E-state index in [1.165, 1.54) is 17.0 Å². The Hall–Kier alpha value is -3.20. The van der Waals surface area contributed by atoms with Gasteiger partial charge in [0.15, 0.2) is 6.35 Å². The first-order chi connectivity index (χ1) is 23.0. The van der Waals surface area contributed by atoms with Crippen molar-refractivity contribution in [2.24, 2.45) is 0 Å². The maximum atomic E-state index is 14.9. The van der Waals surface area contributed by atoms with Gasteiger partial charge in [-0.1, -0.05) is 49.8 Å². The number of hydrogen-bond donors (Lipinski definition) is 3. The molecule has 5 atom stereocenters. The molecule has 2 aliphatic heterocycles. The molecule has 1 aliphatic carbocycles. The van der Waals surface area contributed by atoms with Crippen molar-refractivity contribution in [3.63, 3.8) is 0 Å². The van der Waals surface area contributed by atoms with Crippen LogP contribution in [0.3, 0.4) is 0 Å². The Bertz CT molecular complexity index is 1360. The number of nitrogens with one attached hydrogen (secondary N) is 1. The van der Waals surface area contributed by atoms with E-state index in [1.54, 1.807) is 28.9 Å². The van der Waals surface area contributed by atoms with Gasteiger partial charge in [-0.15, -0.1) is 0 Å². The van der Waals surface area contributed by atoms with Gasteiger partial charge in [0.05, 0.1) is 12.6 Å². The fourth-order valence-corrected chi connectivity index (χ4v) is 6.59. The molecule has 2 heterocycles. The highest BCUT2D eigenvalue weighted by atomic mass is 19.1. The summed E-state index contributed by atoms with van der Waals surface area (Å²) in [5.74, 6) is -1.59. The summed E-state index contributed by atoms with van der Waals surface area (Å²) in [6, 6.07) is 2.65. The third-order valence-electron chi connectivity index (χ3n) is 9.14. The van der Waals surface area contributed by atoms with Crippen molar-refractivity contribution in [2.45, 2.75) is 96.7 Å². The summed E-state index contributed by atoms with van der Waals surface area (Å²) in [5.41, 5.74) is 2.22. The number of fused-ring (bicyclic) bond motifs is 1. The number of aliphatic hydroxyl groups is 2. The highest BCUT2D eigenvalue weighted by Gasteiger charge is 2.51. The first-order valence-corrected chi connectivity index (χ1v) is 17.0. The molecule has 48 heavy (non-hydrogen) atoms. The number of rotatable bonds is 13. The van der Waals surface area contributed by atoms with Crippen molar-refractivity contribution in [1.29, 1.82) is 0 Å². The van der Waals surface area contributed by atoms with Crippen LogP contribution in [0.5, 0.6) is 0 Å². The van der Waals surface area contributed by atoms with Gasteiger partial charge < -0.3 is 24.7 Å². The highest BCUT2D eigenvalue weighted by molar-refractivity contribution is 5.80.